The Hall–Kier alpha value is -2.37. The second-order valence-corrected chi connectivity index (χ2v) is 8.29. The number of hydrogen-bond acceptors (Lipinski definition) is 4. The fourth-order valence-electron chi connectivity index (χ4n) is 3.15. The van der Waals surface area contributed by atoms with E-state index in [2.05, 4.69) is 62.0 Å². The molecule has 2 aromatic rings. The van der Waals surface area contributed by atoms with Crippen LogP contribution in [0.15, 0.2) is 60.7 Å². The first-order valence-electron chi connectivity index (χ1n) is 12.8. The van der Waals surface area contributed by atoms with Crippen LogP contribution in [0.1, 0.15) is 53.0 Å². The third-order valence-electron chi connectivity index (χ3n) is 4.83. The summed E-state index contributed by atoms with van der Waals surface area (Å²) in [6.07, 6.45) is 2.32. The number of rotatable bonds is 7. The van der Waals surface area contributed by atoms with Gasteiger partial charge in [0.15, 0.2) is 0 Å². The normalized spacial score (nSPS) is 12.9. The number of para-hydroxylation sites is 1. The number of ether oxygens (including phenoxy) is 1. The first-order valence-corrected chi connectivity index (χ1v) is 12.8. The maximum Gasteiger partial charge on any atom is 0.219 e. The van der Waals surface area contributed by atoms with E-state index >= 15 is 0 Å². The highest BCUT2D eigenvalue weighted by Gasteiger charge is 2.18. The predicted octanol–water partition coefficient (Wildman–Crippen LogP) is 5.81. The van der Waals surface area contributed by atoms with E-state index in [9.17, 15) is 4.79 Å². The van der Waals surface area contributed by atoms with Gasteiger partial charge in [0.2, 0.25) is 5.91 Å². The van der Waals surface area contributed by atoms with Crippen LogP contribution >= 0.6 is 0 Å². The van der Waals surface area contributed by atoms with Crippen molar-refractivity contribution >= 4 is 5.91 Å². The molecule has 0 saturated carbocycles. The van der Waals surface area contributed by atoms with Gasteiger partial charge in [-0.3, -0.25) is 9.69 Å². The van der Waals surface area contributed by atoms with Crippen molar-refractivity contribution in [3.05, 3.63) is 66.2 Å². The molecule has 0 spiro atoms. The summed E-state index contributed by atoms with van der Waals surface area (Å²) in [5.41, 5.74) is 1.35. The van der Waals surface area contributed by atoms with Gasteiger partial charge >= 0.3 is 0 Å². The van der Waals surface area contributed by atoms with Crippen LogP contribution in [0.3, 0.4) is 0 Å². The zero-order chi connectivity index (χ0) is 25.6. The SMILES string of the molecule is CC.CC(=O)N1CCN(Cc2ccccc2)CC1.CCC.CN(C)CCCOc1ccccc1. The molecule has 0 atom stereocenters. The summed E-state index contributed by atoms with van der Waals surface area (Å²) in [5, 5.41) is 0. The molecular formula is C29H49N3O2. The highest BCUT2D eigenvalue weighted by Crippen LogP contribution is 2.09. The molecule has 5 heteroatoms. The van der Waals surface area contributed by atoms with E-state index in [-0.39, 0.29) is 5.91 Å². The Balaban J connectivity index is 0.000000548. The highest BCUT2D eigenvalue weighted by molar-refractivity contribution is 5.73. The van der Waals surface area contributed by atoms with Crippen molar-refractivity contribution in [2.45, 2.75) is 54.0 Å². The van der Waals surface area contributed by atoms with E-state index in [1.54, 1.807) is 6.92 Å². The van der Waals surface area contributed by atoms with Crippen LogP contribution < -0.4 is 4.74 Å². The fourth-order valence-corrected chi connectivity index (χ4v) is 3.15. The molecule has 0 aliphatic carbocycles. The number of nitrogens with zero attached hydrogens (tertiary/aromatic N) is 3. The lowest BCUT2D eigenvalue weighted by Crippen LogP contribution is -2.47. The molecule has 192 valence electrons. The summed E-state index contributed by atoms with van der Waals surface area (Å²) in [6.45, 7) is 16.4. The van der Waals surface area contributed by atoms with Crippen molar-refractivity contribution in [3.8, 4) is 5.75 Å². The molecule has 1 fully saturated rings. The molecule has 1 aliphatic rings. The average molecular weight is 472 g/mol. The zero-order valence-corrected chi connectivity index (χ0v) is 22.8. The van der Waals surface area contributed by atoms with E-state index in [1.165, 1.54) is 12.0 Å². The van der Waals surface area contributed by atoms with Crippen LogP contribution in [0.4, 0.5) is 0 Å². The third kappa shape index (κ3) is 16.3. The molecule has 34 heavy (non-hydrogen) atoms. The molecule has 0 radical (unpaired) electrons. The summed E-state index contributed by atoms with van der Waals surface area (Å²) in [5.74, 6) is 1.15. The van der Waals surface area contributed by atoms with Crippen LogP contribution in [-0.4, -0.2) is 74.0 Å². The van der Waals surface area contributed by atoms with E-state index in [0.29, 0.717) is 0 Å². The lowest BCUT2D eigenvalue weighted by molar-refractivity contribution is -0.130. The standard InChI is InChI=1S/C13H18N2O.C11H17NO.C3H8.C2H6/c1-12(16)15-9-7-14(8-10-15)11-13-5-3-2-4-6-13;1-12(2)9-6-10-13-11-7-4-3-5-8-11;1-3-2;1-2/h2-6H,7-11H2,1H3;3-5,7-8H,6,9-10H2,1-2H3;3H2,1-2H3;1-2H3. The van der Waals surface area contributed by atoms with Gasteiger partial charge in [-0.15, -0.1) is 0 Å². The third-order valence-corrected chi connectivity index (χ3v) is 4.83. The summed E-state index contributed by atoms with van der Waals surface area (Å²) in [7, 11) is 4.14. The van der Waals surface area contributed by atoms with Gasteiger partial charge in [0.25, 0.3) is 0 Å². The molecule has 1 heterocycles. The first-order chi connectivity index (χ1) is 16.5. The zero-order valence-electron chi connectivity index (χ0n) is 22.8. The molecular weight excluding hydrogens is 422 g/mol. The maximum atomic E-state index is 11.2. The molecule has 0 N–H and O–H groups in total. The Bertz CT molecular complexity index is 700. The van der Waals surface area contributed by atoms with Crippen molar-refractivity contribution in [3.63, 3.8) is 0 Å². The van der Waals surface area contributed by atoms with Crippen LogP contribution in [0, 0.1) is 0 Å². The number of benzene rings is 2. The number of carbonyl (C=O) groups is 1. The van der Waals surface area contributed by atoms with E-state index < -0.39 is 0 Å². The molecule has 1 aliphatic heterocycles. The van der Waals surface area contributed by atoms with Crippen LogP contribution in [-0.2, 0) is 11.3 Å². The smallest absolute Gasteiger partial charge is 0.219 e. The van der Waals surface area contributed by atoms with E-state index in [0.717, 1.165) is 58.0 Å². The quantitative estimate of drug-likeness (QED) is 0.478. The summed E-state index contributed by atoms with van der Waals surface area (Å²) >= 11 is 0. The van der Waals surface area contributed by atoms with Gasteiger partial charge in [0.05, 0.1) is 6.61 Å². The summed E-state index contributed by atoms with van der Waals surface area (Å²) in [6, 6.07) is 20.4. The number of carbonyl (C=O) groups excluding carboxylic acids is 1. The number of hydrogen-bond donors (Lipinski definition) is 0. The molecule has 3 rings (SSSR count). The molecule has 0 unspecified atom stereocenters. The highest BCUT2D eigenvalue weighted by atomic mass is 16.5. The van der Waals surface area contributed by atoms with Crippen LogP contribution in [0.5, 0.6) is 5.75 Å². The Morgan fingerprint density at radius 3 is 1.85 bits per heavy atom. The van der Waals surface area contributed by atoms with Crippen molar-refractivity contribution < 1.29 is 9.53 Å². The lowest BCUT2D eigenvalue weighted by Gasteiger charge is -2.34. The molecule has 5 nitrogen and oxygen atoms in total. The molecule has 2 aromatic carbocycles. The van der Waals surface area contributed by atoms with E-state index in [1.807, 2.05) is 55.1 Å². The van der Waals surface area contributed by atoms with Gasteiger partial charge in [-0.25, -0.2) is 0 Å². The molecule has 0 bridgehead atoms. The van der Waals surface area contributed by atoms with Gasteiger partial charge in [0, 0.05) is 46.2 Å². The topological polar surface area (TPSA) is 36.0 Å². The minimum atomic E-state index is 0.194. The Labute approximate surface area is 209 Å². The van der Waals surface area contributed by atoms with Crippen molar-refractivity contribution in [1.29, 1.82) is 0 Å². The lowest BCUT2D eigenvalue weighted by atomic mass is 10.2. The predicted molar refractivity (Wildman–Crippen MR) is 146 cm³/mol. The number of piperazine rings is 1. The van der Waals surface area contributed by atoms with E-state index in [4.69, 9.17) is 4.74 Å². The average Bonchev–Trinajstić information content (AvgIpc) is 2.86. The second-order valence-electron chi connectivity index (χ2n) is 8.29. The maximum absolute atomic E-state index is 11.2. The largest absolute Gasteiger partial charge is 0.494 e. The van der Waals surface area contributed by atoms with Gasteiger partial charge < -0.3 is 14.5 Å². The Kier molecular flexibility index (Phi) is 19.7. The van der Waals surface area contributed by atoms with Gasteiger partial charge in [-0.1, -0.05) is 82.6 Å². The Morgan fingerprint density at radius 2 is 1.38 bits per heavy atom. The first kappa shape index (κ1) is 31.6. The fraction of sp³-hybridized carbons (Fsp3) is 0.552. The van der Waals surface area contributed by atoms with Crippen LogP contribution in [0.2, 0.25) is 0 Å². The minimum Gasteiger partial charge on any atom is -0.494 e. The Morgan fingerprint density at radius 1 is 0.882 bits per heavy atom. The minimum absolute atomic E-state index is 0.194. The number of amides is 1. The molecule has 0 aromatic heterocycles. The van der Waals surface area contributed by atoms with Gasteiger partial charge in [0.1, 0.15) is 5.75 Å². The van der Waals surface area contributed by atoms with Crippen molar-refractivity contribution in [2.75, 3.05) is 53.4 Å². The van der Waals surface area contributed by atoms with Gasteiger partial charge in [-0.2, -0.15) is 0 Å². The summed E-state index contributed by atoms with van der Waals surface area (Å²) in [4.78, 5) is 17.6. The van der Waals surface area contributed by atoms with Crippen molar-refractivity contribution in [1.82, 2.24) is 14.7 Å². The van der Waals surface area contributed by atoms with Crippen molar-refractivity contribution in [2.24, 2.45) is 0 Å². The van der Waals surface area contributed by atoms with Crippen LogP contribution in [0.25, 0.3) is 0 Å². The summed E-state index contributed by atoms with van der Waals surface area (Å²) < 4.78 is 5.53. The second kappa shape index (κ2) is 21.2. The van der Waals surface area contributed by atoms with Gasteiger partial charge in [-0.05, 0) is 38.2 Å². The monoisotopic (exact) mass is 471 g/mol. The molecule has 1 amide bonds. The molecule has 1 saturated heterocycles.